The van der Waals surface area contributed by atoms with Crippen molar-refractivity contribution in [3.8, 4) is 0 Å². The summed E-state index contributed by atoms with van der Waals surface area (Å²) >= 11 is -4.11. The Bertz CT molecular complexity index is 144. The van der Waals surface area contributed by atoms with Crippen LogP contribution >= 0.6 is 0 Å². The summed E-state index contributed by atoms with van der Waals surface area (Å²) in [6.45, 7) is 0. The molecule has 0 saturated carbocycles. The van der Waals surface area contributed by atoms with Crippen molar-refractivity contribution in [3.63, 3.8) is 0 Å². The Balaban J connectivity index is -0.0000000131. The van der Waals surface area contributed by atoms with Gasteiger partial charge in [0.15, 0.2) is 0 Å². The Labute approximate surface area is 85.1 Å². The van der Waals surface area contributed by atoms with Crippen LogP contribution < -0.4 is 0 Å². The first-order chi connectivity index (χ1) is 3.15. The van der Waals surface area contributed by atoms with E-state index in [1.54, 1.807) is 0 Å². The minimum absolute atomic E-state index is 0. The number of hydrogen-bond donors (Lipinski definition) is 0. The molecule has 10 heavy (non-hydrogen) atoms. The van der Waals surface area contributed by atoms with E-state index in [1.807, 2.05) is 0 Å². The molecule has 0 saturated heterocycles. The van der Waals surface area contributed by atoms with E-state index in [0.717, 1.165) is 0 Å². The van der Waals surface area contributed by atoms with E-state index < -0.39 is 26.5 Å². The van der Waals surface area contributed by atoms with Gasteiger partial charge in [-0.3, -0.25) is 8.92 Å². The van der Waals surface area contributed by atoms with Crippen molar-refractivity contribution in [2.24, 2.45) is 0 Å². The Hall–Kier alpha value is 0.917. The van der Waals surface area contributed by atoms with Crippen molar-refractivity contribution in [3.05, 3.63) is 0 Å². The van der Waals surface area contributed by atoms with E-state index in [9.17, 15) is 0 Å². The second kappa shape index (κ2) is 32.6. The van der Waals surface area contributed by atoms with Gasteiger partial charge in [-0.15, -0.1) is 0 Å². The van der Waals surface area contributed by atoms with Gasteiger partial charge >= 0.3 is 71.1 Å². The molecule has 0 rings (SSSR count). The average molecular weight is 311 g/mol. The summed E-state index contributed by atoms with van der Waals surface area (Å²) in [5, 5.41) is 0. The Morgan fingerprint density at radius 1 is 1.00 bits per heavy atom. The molecule has 0 fully saturated rings. The van der Waals surface area contributed by atoms with Crippen LogP contribution in [0.4, 0.5) is 0 Å². The molecule has 0 heterocycles. The SMILES string of the molecule is O=[Si]=O.[Al+3].[Cu+2].[O-2].[O]=[Mo](=[O])=[O]. The van der Waals surface area contributed by atoms with Crippen LogP contribution in [-0.2, 0) is 58.9 Å². The van der Waals surface area contributed by atoms with Crippen molar-refractivity contribution in [2.75, 3.05) is 0 Å². The maximum absolute atomic E-state index is 8.59. The Morgan fingerprint density at radius 2 is 1.00 bits per heavy atom. The van der Waals surface area contributed by atoms with Gasteiger partial charge in [0.1, 0.15) is 0 Å². The van der Waals surface area contributed by atoms with Crippen molar-refractivity contribution in [2.45, 2.75) is 0 Å². The van der Waals surface area contributed by atoms with Crippen LogP contribution in [0.2, 0.25) is 0 Å². The van der Waals surface area contributed by atoms with Crippen LogP contribution in [0, 0.1) is 0 Å². The molecule has 6 nitrogen and oxygen atoms in total. The monoisotopic (exact) mass is 312 g/mol. The fourth-order valence-corrected chi connectivity index (χ4v) is 0. The molecule has 0 aliphatic carbocycles. The van der Waals surface area contributed by atoms with Crippen molar-refractivity contribution in [1.29, 1.82) is 0 Å². The zero-order chi connectivity index (χ0) is 6.28. The average Bonchev–Trinajstić information content (AvgIpc) is 1.33. The molecule has 0 aromatic heterocycles. The molecule has 0 unspecified atom stereocenters. The molecule has 0 aliphatic rings. The third-order valence-corrected chi connectivity index (χ3v) is 0. The summed E-state index contributed by atoms with van der Waals surface area (Å²) in [5.74, 6) is 0. The molecule has 0 spiro atoms. The molecular formula is AlCuMoO6Si+3. The molecule has 0 atom stereocenters. The molecule has 10 heteroatoms. The third-order valence-electron chi connectivity index (χ3n) is 0. The summed E-state index contributed by atoms with van der Waals surface area (Å²) in [5.41, 5.74) is 0. The van der Waals surface area contributed by atoms with Crippen molar-refractivity contribution >= 4 is 26.7 Å². The van der Waals surface area contributed by atoms with E-state index in [1.165, 1.54) is 0 Å². The second-order valence-corrected chi connectivity index (χ2v) is 1.46. The molecule has 0 aromatic rings. The van der Waals surface area contributed by atoms with Gasteiger partial charge in [0.2, 0.25) is 0 Å². The van der Waals surface area contributed by atoms with Gasteiger partial charge in [-0.2, -0.15) is 0 Å². The normalized spacial score (nSPS) is 3.20. The van der Waals surface area contributed by atoms with E-state index in [-0.39, 0.29) is 39.9 Å². The molecule has 0 N–H and O–H groups in total. The van der Waals surface area contributed by atoms with Gasteiger partial charge in [-0.25, -0.2) is 0 Å². The Kier molecular flexibility index (Phi) is 100. The molecule has 0 aliphatic heterocycles. The first-order valence-corrected chi connectivity index (χ1v) is 4.18. The fourth-order valence-electron chi connectivity index (χ4n) is 0. The zero-order valence-corrected chi connectivity index (χ0v) is 9.34. The van der Waals surface area contributed by atoms with E-state index in [2.05, 4.69) is 0 Å². The van der Waals surface area contributed by atoms with E-state index in [0.29, 0.717) is 0 Å². The molecule has 0 aromatic carbocycles. The van der Waals surface area contributed by atoms with Crippen LogP contribution in [0.25, 0.3) is 0 Å². The minimum atomic E-state index is -4.11. The van der Waals surface area contributed by atoms with E-state index in [4.69, 9.17) is 19.1 Å². The van der Waals surface area contributed by atoms with Gasteiger partial charge in [0.05, 0.1) is 0 Å². The summed E-state index contributed by atoms with van der Waals surface area (Å²) in [6, 6.07) is 0. The number of rotatable bonds is 0. The van der Waals surface area contributed by atoms with Crippen LogP contribution in [0.1, 0.15) is 0 Å². The molecule has 1 radical (unpaired) electrons. The van der Waals surface area contributed by atoms with Crippen LogP contribution in [-0.4, -0.2) is 26.7 Å². The predicted octanol–water partition coefficient (Wildman–Crippen LogP) is -1.48. The predicted molar refractivity (Wildman–Crippen MR) is 15.6 cm³/mol. The topological polar surface area (TPSA) is 114 Å². The van der Waals surface area contributed by atoms with Gasteiger partial charge in [-0.05, 0) is 0 Å². The molecular weight excluding hydrogens is 311 g/mol. The quantitative estimate of drug-likeness (QED) is 0.506. The maximum atomic E-state index is 8.59. The summed E-state index contributed by atoms with van der Waals surface area (Å²) in [4.78, 5) is 0. The summed E-state index contributed by atoms with van der Waals surface area (Å²) in [7, 11) is -1.42. The molecule has 0 amide bonds. The summed E-state index contributed by atoms with van der Waals surface area (Å²) < 4.78 is 42.6. The third kappa shape index (κ3) is 664. The Morgan fingerprint density at radius 3 is 1.00 bits per heavy atom. The van der Waals surface area contributed by atoms with Crippen LogP contribution in [0.3, 0.4) is 0 Å². The van der Waals surface area contributed by atoms with Crippen molar-refractivity contribution < 1.29 is 58.9 Å². The van der Waals surface area contributed by atoms with Gasteiger partial charge in [0.25, 0.3) is 0 Å². The standard InChI is InChI=1S/Al.Cu.Mo.O2Si.4O/c;;;1-3-2;;;;/q+3;+2;;;;;;-2. The fraction of sp³-hybridized carbons (Fsp3) is 0. The second-order valence-electron chi connectivity index (χ2n) is 0.287. The van der Waals surface area contributed by atoms with E-state index >= 15 is 0 Å². The van der Waals surface area contributed by atoms with Gasteiger partial charge in [0, 0.05) is 0 Å². The summed E-state index contributed by atoms with van der Waals surface area (Å²) in [6.07, 6.45) is 0. The first kappa shape index (κ1) is 30.7. The van der Waals surface area contributed by atoms with Gasteiger partial charge in [-0.1, -0.05) is 0 Å². The van der Waals surface area contributed by atoms with Crippen molar-refractivity contribution in [1.82, 2.24) is 0 Å². The number of hydrogen-bond acceptors (Lipinski definition) is 5. The van der Waals surface area contributed by atoms with Crippen LogP contribution in [0.5, 0.6) is 0 Å². The first-order valence-electron chi connectivity index (χ1n) is 0.908. The molecule has 0 bridgehead atoms. The zero-order valence-electron chi connectivity index (χ0n) is 4.24. The molecule has 57 valence electrons. The van der Waals surface area contributed by atoms with Crippen LogP contribution in [0.15, 0.2) is 0 Å². The van der Waals surface area contributed by atoms with Gasteiger partial charge < -0.3 is 5.48 Å².